The van der Waals surface area contributed by atoms with Crippen LogP contribution < -0.4 is 5.32 Å². The molecule has 0 saturated heterocycles. The van der Waals surface area contributed by atoms with Gasteiger partial charge >= 0.3 is 0 Å². The van der Waals surface area contributed by atoms with E-state index >= 15 is 0 Å². The summed E-state index contributed by atoms with van der Waals surface area (Å²) in [4.78, 5) is 24.1. The van der Waals surface area contributed by atoms with Gasteiger partial charge in [-0.1, -0.05) is 18.2 Å². The fraction of sp³-hybridized carbons (Fsp3) is 0.0870. The van der Waals surface area contributed by atoms with E-state index in [1.165, 1.54) is 0 Å². The number of anilines is 1. The first-order valence-corrected chi connectivity index (χ1v) is 9.29. The Morgan fingerprint density at radius 2 is 2.00 bits per heavy atom. The van der Waals surface area contributed by atoms with Gasteiger partial charge in [0, 0.05) is 22.8 Å². The highest BCUT2D eigenvalue weighted by atomic mass is 19.1. The number of benzene rings is 2. The van der Waals surface area contributed by atoms with Gasteiger partial charge in [-0.05, 0) is 60.0 Å². The molecule has 1 amide bonds. The number of aryl methyl sites for hydroxylation is 1. The van der Waals surface area contributed by atoms with Crippen molar-refractivity contribution < 1.29 is 9.18 Å². The third-order valence-electron chi connectivity index (χ3n) is 5.09. The maximum absolute atomic E-state index is 14.4. The molecule has 4 aromatic rings. The number of amides is 1. The number of pyridine rings is 1. The number of halogens is 1. The van der Waals surface area contributed by atoms with Crippen LogP contribution in [0.15, 0.2) is 65.8 Å². The summed E-state index contributed by atoms with van der Waals surface area (Å²) >= 11 is 0. The molecule has 1 aliphatic heterocycles. The largest absolute Gasteiger partial charge is 0.361 e. The van der Waals surface area contributed by atoms with E-state index in [0.29, 0.717) is 11.3 Å². The monoisotopic (exact) mass is 384 g/mol. The minimum atomic E-state index is -0.557. The lowest BCUT2D eigenvalue weighted by atomic mass is 9.96. The Morgan fingerprint density at radius 3 is 2.86 bits per heavy atom. The number of aromatic nitrogens is 2. The van der Waals surface area contributed by atoms with Crippen LogP contribution in [-0.2, 0) is 6.54 Å². The molecule has 5 nitrogen and oxygen atoms in total. The molecule has 0 aliphatic carbocycles. The van der Waals surface area contributed by atoms with Crippen LogP contribution in [0.4, 0.5) is 10.1 Å². The molecule has 0 spiro atoms. The average molecular weight is 384 g/mol. The van der Waals surface area contributed by atoms with Gasteiger partial charge in [-0.2, -0.15) is 4.39 Å². The first kappa shape index (κ1) is 17.3. The van der Waals surface area contributed by atoms with E-state index in [2.05, 4.69) is 20.3 Å². The number of fused-ring (bicyclic) bond motifs is 2. The van der Waals surface area contributed by atoms with Gasteiger partial charge in [0.15, 0.2) is 0 Å². The number of aromatic amines is 1. The number of carbonyl (C=O) groups excluding carboxylic acids is 1. The molecular formula is C23H17FN4O. The lowest BCUT2D eigenvalue weighted by molar-refractivity contribution is 0.102. The first-order valence-electron chi connectivity index (χ1n) is 9.29. The van der Waals surface area contributed by atoms with Crippen LogP contribution in [-0.4, -0.2) is 21.8 Å². The molecule has 2 N–H and O–H groups in total. The van der Waals surface area contributed by atoms with E-state index in [1.807, 2.05) is 49.5 Å². The van der Waals surface area contributed by atoms with E-state index in [4.69, 9.17) is 0 Å². The zero-order valence-corrected chi connectivity index (χ0v) is 15.7. The lowest BCUT2D eigenvalue weighted by Crippen LogP contribution is -2.16. The summed E-state index contributed by atoms with van der Waals surface area (Å²) < 4.78 is 14.4. The van der Waals surface area contributed by atoms with Gasteiger partial charge in [0.25, 0.3) is 5.91 Å². The fourth-order valence-electron chi connectivity index (χ4n) is 3.75. The summed E-state index contributed by atoms with van der Waals surface area (Å²) in [6.45, 7) is 2.07. The van der Waals surface area contributed by atoms with E-state index < -0.39 is 5.97 Å². The second-order valence-electron chi connectivity index (χ2n) is 7.03. The van der Waals surface area contributed by atoms with E-state index in [-0.39, 0.29) is 18.1 Å². The highest BCUT2D eigenvalue weighted by molar-refractivity contribution is 6.10. The second-order valence-corrected chi connectivity index (χ2v) is 7.03. The maximum Gasteiger partial charge on any atom is 0.274 e. The predicted octanol–water partition coefficient (Wildman–Crippen LogP) is 5.02. The van der Waals surface area contributed by atoms with Gasteiger partial charge in [0.05, 0.1) is 17.8 Å². The summed E-state index contributed by atoms with van der Waals surface area (Å²) in [5, 5.41) is 3.90. The molecule has 2 aromatic heterocycles. The van der Waals surface area contributed by atoms with Gasteiger partial charge < -0.3 is 10.3 Å². The van der Waals surface area contributed by atoms with Crippen LogP contribution in [0.3, 0.4) is 0 Å². The third kappa shape index (κ3) is 2.99. The number of hydrogen-bond acceptors (Lipinski definition) is 3. The minimum Gasteiger partial charge on any atom is -0.361 e. The van der Waals surface area contributed by atoms with Crippen LogP contribution in [0.5, 0.6) is 0 Å². The number of nitrogens with one attached hydrogen (secondary N) is 2. The highest BCUT2D eigenvalue weighted by Gasteiger charge is 2.23. The number of H-pyrrole nitrogens is 1. The van der Waals surface area contributed by atoms with Crippen LogP contribution >= 0.6 is 0 Å². The van der Waals surface area contributed by atoms with E-state index in [1.54, 1.807) is 18.2 Å². The molecule has 6 heteroatoms. The zero-order chi connectivity index (χ0) is 20.0. The van der Waals surface area contributed by atoms with Crippen molar-refractivity contribution >= 4 is 28.5 Å². The van der Waals surface area contributed by atoms with Crippen molar-refractivity contribution in [2.45, 2.75) is 13.5 Å². The topological polar surface area (TPSA) is 70.1 Å². The Morgan fingerprint density at radius 1 is 1.14 bits per heavy atom. The van der Waals surface area contributed by atoms with Crippen molar-refractivity contribution in [2.24, 2.45) is 4.99 Å². The fourth-order valence-corrected chi connectivity index (χ4v) is 3.75. The molecule has 1 aliphatic rings. The maximum atomic E-state index is 14.4. The molecule has 3 heterocycles. The molecule has 0 radical (unpaired) electrons. The van der Waals surface area contributed by atoms with Crippen LogP contribution in [0.25, 0.3) is 22.0 Å². The first-order chi connectivity index (χ1) is 14.1. The zero-order valence-electron chi connectivity index (χ0n) is 15.7. The standard InChI is InChI=1S/C23H17FN4O/c1-13-4-2-7-19(27-13)23(29)28-20-11-14(10-15-12-26-22(24)21(15)20)16-5-3-6-18-17(16)8-9-25-18/h2-11,25H,12H2,1H3,(H,28,29). The molecule has 5 rings (SSSR count). The van der Waals surface area contributed by atoms with Crippen molar-refractivity contribution in [1.82, 2.24) is 9.97 Å². The second kappa shape index (κ2) is 6.67. The molecule has 29 heavy (non-hydrogen) atoms. The normalized spacial score (nSPS) is 12.7. The lowest BCUT2D eigenvalue weighted by Gasteiger charge is -2.13. The molecule has 0 atom stereocenters. The summed E-state index contributed by atoms with van der Waals surface area (Å²) in [7, 11) is 0. The van der Waals surface area contributed by atoms with E-state index in [0.717, 1.165) is 33.3 Å². The van der Waals surface area contributed by atoms with Crippen molar-refractivity contribution in [2.75, 3.05) is 5.32 Å². The Kier molecular flexibility index (Phi) is 3.98. The van der Waals surface area contributed by atoms with Gasteiger partial charge in [-0.3, -0.25) is 9.79 Å². The summed E-state index contributed by atoms with van der Waals surface area (Å²) in [6, 6.07) is 16.9. The average Bonchev–Trinajstić information content (AvgIpc) is 3.34. The van der Waals surface area contributed by atoms with Gasteiger partial charge in [-0.25, -0.2) is 4.98 Å². The van der Waals surface area contributed by atoms with Crippen LogP contribution in [0, 0.1) is 6.92 Å². The van der Waals surface area contributed by atoms with Crippen molar-refractivity contribution in [3.63, 3.8) is 0 Å². The molecule has 0 bridgehead atoms. The Bertz CT molecular complexity index is 1310. The van der Waals surface area contributed by atoms with Gasteiger partial charge in [0.2, 0.25) is 5.97 Å². The molecule has 2 aromatic carbocycles. The Hall–Kier alpha value is -3.80. The molecular weight excluding hydrogens is 367 g/mol. The van der Waals surface area contributed by atoms with E-state index in [9.17, 15) is 9.18 Å². The summed E-state index contributed by atoms with van der Waals surface area (Å²) in [6.07, 6.45) is 1.89. The van der Waals surface area contributed by atoms with Crippen molar-refractivity contribution in [3.05, 3.63) is 83.3 Å². The van der Waals surface area contributed by atoms with Gasteiger partial charge in [0.1, 0.15) is 5.69 Å². The third-order valence-corrected chi connectivity index (χ3v) is 5.09. The minimum absolute atomic E-state index is 0.254. The quantitative estimate of drug-likeness (QED) is 0.521. The Balaban J connectivity index is 1.62. The van der Waals surface area contributed by atoms with Crippen LogP contribution in [0.2, 0.25) is 0 Å². The number of aliphatic imine (C=N–C) groups is 1. The van der Waals surface area contributed by atoms with Gasteiger partial charge in [-0.15, -0.1) is 0 Å². The van der Waals surface area contributed by atoms with Crippen molar-refractivity contribution in [3.8, 4) is 11.1 Å². The highest BCUT2D eigenvalue weighted by Crippen LogP contribution is 2.36. The predicted molar refractivity (Wildman–Crippen MR) is 112 cm³/mol. The molecule has 142 valence electrons. The summed E-state index contributed by atoms with van der Waals surface area (Å²) in [5.41, 5.74) is 5.43. The van der Waals surface area contributed by atoms with Crippen LogP contribution in [0.1, 0.15) is 27.3 Å². The molecule has 0 unspecified atom stereocenters. The Labute approximate surface area is 166 Å². The molecule has 0 fully saturated rings. The smallest absolute Gasteiger partial charge is 0.274 e. The number of hydrogen-bond donors (Lipinski definition) is 2. The SMILES string of the molecule is Cc1cccc(C(=O)Nc2cc(-c3cccc4[nH]ccc34)cc3c2C(F)=NC3)n1. The number of nitrogens with zero attached hydrogens (tertiary/aromatic N) is 2. The van der Waals surface area contributed by atoms with Crippen molar-refractivity contribution in [1.29, 1.82) is 0 Å². The molecule has 0 saturated carbocycles. The summed E-state index contributed by atoms with van der Waals surface area (Å²) in [5.74, 6) is -0.938. The number of rotatable bonds is 3. The number of carbonyl (C=O) groups is 1.